The molecule has 8 nitrogen and oxygen atoms in total. The number of ether oxygens (including phenoxy) is 2. The number of carbonyl (C=O) groups is 3. The predicted molar refractivity (Wildman–Crippen MR) is 141 cm³/mol. The van der Waals surface area contributed by atoms with Crippen molar-refractivity contribution < 1.29 is 23.9 Å². The van der Waals surface area contributed by atoms with E-state index < -0.39 is 11.9 Å². The number of urea groups is 1. The number of halogens is 2. The van der Waals surface area contributed by atoms with E-state index in [-0.39, 0.29) is 18.2 Å². The first-order valence-electron chi connectivity index (χ1n) is 10.9. The summed E-state index contributed by atoms with van der Waals surface area (Å²) in [5.74, 6) is -0.123. The van der Waals surface area contributed by atoms with Crippen molar-refractivity contribution >= 4 is 62.8 Å². The Bertz CT molecular complexity index is 1330. The lowest BCUT2D eigenvalue weighted by atomic mass is 10.1. The molecule has 0 unspecified atom stereocenters. The number of hydrogen-bond acceptors (Lipinski definition) is 5. The van der Waals surface area contributed by atoms with Crippen molar-refractivity contribution in [1.82, 2.24) is 5.32 Å². The molecule has 0 spiro atoms. The molecule has 1 aliphatic rings. The van der Waals surface area contributed by atoms with E-state index in [1.807, 2.05) is 25.1 Å². The molecule has 0 atom stereocenters. The standard InChI is InChI=1S/C26H21BrClN3O5/c1-2-35-22-14-16(12-20(27)24(22)36-15-23(32)29-18-6-4-3-5-7-18)13-21-25(33)31(26(34)30-21)19-10-8-17(28)9-11-19/h3-14H,2,15H2,1H3,(H,29,32)(H,30,34)/b21-13+. The molecule has 1 fully saturated rings. The molecule has 36 heavy (non-hydrogen) atoms. The SMILES string of the molecule is CCOc1cc(/C=C2/NC(=O)N(c3ccc(Cl)cc3)C2=O)cc(Br)c1OCC(=O)Nc1ccccc1. The lowest BCUT2D eigenvalue weighted by Gasteiger charge is -2.15. The molecular formula is C26H21BrClN3O5. The van der Waals surface area contributed by atoms with Crippen molar-refractivity contribution in [2.75, 3.05) is 23.4 Å². The molecule has 10 heteroatoms. The average molecular weight is 571 g/mol. The van der Waals surface area contributed by atoms with Gasteiger partial charge in [0.2, 0.25) is 0 Å². The molecule has 0 saturated carbocycles. The minimum absolute atomic E-state index is 0.0974. The van der Waals surface area contributed by atoms with Crippen molar-refractivity contribution in [2.24, 2.45) is 0 Å². The molecule has 0 bridgehead atoms. The quantitative estimate of drug-likeness (QED) is 0.271. The number of benzene rings is 3. The smallest absolute Gasteiger partial charge is 0.333 e. The maximum Gasteiger partial charge on any atom is 0.333 e. The fourth-order valence-electron chi connectivity index (χ4n) is 3.46. The highest BCUT2D eigenvalue weighted by Crippen LogP contribution is 2.38. The fourth-order valence-corrected chi connectivity index (χ4v) is 4.16. The lowest BCUT2D eigenvalue weighted by molar-refractivity contribution is -0.118. The van der Waals surface area contributed by atoms with E-state index in [4.69, 9.17) is 21.1 Å². The predicted octanol–water partition coefficient (Wildman–Crippen LogP) is 5.62. The molecule has 4 rings (SSSR count). The number of nitrogens with zero attached hydrogens (tertiary/aromatic N) is 1. The van der Waals surface area contributed by atoms with Gasteiger partial charge >= 0.3 is 6.03 Å². The molecule has 0 aliphatic carbocycles. The van der Waals surface area contributed by atoms with E-state index in [9.17, 15) is 14.4 Å². The summed E-state index contributed by atoms with van der Waals surface area (Å²) in [6.07, 6.45) is 1.54. The van der Waals surface area contributed by atoms with Gasteiger partial charge in [-0.3, -0.25) is 9.59 Å². The molecule has 3 aromatic rings. The van der Waals surface area contributed by atoms with E-state index in [0.29, 0.717) is 44.5 Å². The first kappa shape index (κ1) is 25.3. The number of anilines is 2. The lowest BCUT2D eigenvalue weighted by Crippen LogP contribution is -2.30. The summed E-state index contributed by atoms with van der Waals surface area (Å²) >= 11 is 9.36. The molecule has 3 aromatic carbocycles. The Balaban J connectivity index is 1.53. The van der Waals surface area contributed by atoms with Crippen molar-refractivity contribution in [2.45, 2.75) is 6.92 Å². The third-order valence-corrected chi connectivity index (χ3v) is 5.85. The topological polar surface area (TPSA) is 97.0 Å². The van der Waals surface area contributed by atoms with Crippen LogP contribution in [0.1, 0.15) is 12.5 Å². The van der Waals surface area contributed by atoms with Crippen LogP contribution < -0.4 is 25.0 Å². The Morgan fingerprint density at radius 1 is 1.08 bits per heavy atom. The van der Waals surface area contributed by atoms with Crippen LogP contribution in [0.2, 0.25) is 5.02 Å². The summed E-state index contributed by atoms with van der Waals surface area (Å²) in [6, 6.07) is 18.2. The second-order valence-corrected chi connectivity index (χ2v) is 8.86. The molecule has 1 aliphatic heterocycles. The number of carbonyl (C=O) groups excluding carboxylic acids is 3. The van der Waals surface area contributed by atoms with Gasteiger partial charge in [-0.2, -0.15) is 0 Å². The maximum absolute atomic E-state index is 12.9. The minimum atomic E-state index is -0.568. The van der Waals surface area contributed by atoms with Gasteiger partial charge in [0.25, 0.3) is 11.8 Å². The third-order valence-electron chi connectivity index (χ3n) is 5.01. The summed E-state index contributed by atoms with van der Waals surface area (Å²) in [7, 11) is 0. The largest absolute Gasteiger partial charge is 0.490 e. The Kier molecular flexibility index (Phi) is 7.92. The van der Waals surface area contributed by atoms with E-state index in [1.54, 1.807) is 48.5 Å². The third kappa shape index (κ3) is 5.87. The summed E-state index contributed by atoms with van der Waals surface area (Å²) in [5.41, 5.74) is 1.74. The van der Waals surface area contributed by atoms with Crippen molar-refractivity contribution in [3.05, 3.63) is 87.5 Å². The zero-order valence-electron chi connectivity index (χ0n) is 19.1. The molecule has 1 saturated heterocycles. The van der Waals surface area contributed by atoms with E-state index >= 15 is 0 Å². The zero-order valence-corrected chi connectivity index (χ0v) is 21.4. The second-order valence-electron chi connectivity index (χ2n) is 7.57. The highest BCUT2D eigenvalue weighted by Gasteiger charge is 2.35. The average Bonchev–Trinajstić information content (AvgIpc) is 3.12. The normalized spacial score (nSPS) is 14.1. The number of imide groups is 1. The van der Waals surface area contributed by atoms with Gasteiger partial charge in [0, 0.05) is 10.7 Å². The highest BCUT2D eigenvalue weighted by molar-refractivity contribution is 9.10. The van der Waals surface area contributed by atoms with Crippen LogP contribution in [0.4, 0.5) is 16.2 Å². The number of amides is 4. The van der Waals surface area contributed by atoms with E-state index in [1.165, 1.54) is 6.08 Å². The van der Waals surface area contributed by atoms with Crippen LogP contribution in [-0.4, -0.2) is 31.1 Å². The second kappa shape index (κ2) is 11.3. The van der Waals surface area contributed by atoms with Gasteiger partial charge in [-0.1, -0.05) is 29.8 Å². The van der Waals surface area contributed by atoms with Crippen LogP contribution in [0.15, 0.2) is 76.9 Å². The van der Waals surface area contributed by atoms with Crippen LogP contribution >= 0.6 is 27.5 Å². The molecule has 2 N–H and O–H groups in total. The highest BCUT2D eigenvalue weighted by atomic mass is 79.9. The Labute approximate surface area is 221 Å². The van der Waals surface area contributed by atoms with Crippen molar-refractivity contribution in [3.63, 3.8) is 0 Å². The van der Waals surface area contributed by atoms with Gasteiger partial charge in [-0.25, -0.2) is 9.69 Å². The first-order valence-corrected chi connectivity index (χ1v) is 12.1. The molecule has 0 aromatic heterocycles. The number of para-hydroxylation sites is 1. The monoisotopic (exact) mass is 569 g/mol. The van der Waals surface area contributed by atoms with Crippen molar-refractivity contribution in [3.8, 4) is 11.5 Å². The zero-order chi connectivity index (χ0) is 25.7. The number of rotatable bonds is 8. The number of nitrogens with one attached hydrogen (secondary N) is 2. The number of hydrogen-bond donors (Lipinski definition) is 2. The molecular weight excluding hydrogens is 550 g/mol. The Morgan fingerprint density at radius 2 is 1.81 bits per heavy atom. The fraction of sp³-hybridized carbons (Fsp3) is 0.115. The molecule has 4 amide bonds. The van der Waals surface area contributed by atoms with Crippen molar-refractivity contribution in [1.29, 1.82) is 0 Å². The van der Waals surface area contributed by atoms with Gasteiger partial charge in [0.15, 0.2) is 18.1 Å². The van der Waals surface area contributed by atoms with Crippen LogP contribution in [0.5, 0.6) is 11.5 Å². The van der Waals surface area contributed by atoms with Gasteiger partial charge < -0.3 is 20.1 Å². The van der Waals surface area contributed by atoms with Gasteiger partial charge in [-0.05, 0) is 83.0 Å². The summed E-state index contributed by atoms with van der Waals surface area (Å²) in [5, 5.41) is 5.84. The van der Waals surface area contributed by atoms with Crippen LogP contribution in [0, 0.1) is 0 Å². The molecule has 1 heterocycles. The minimum Gasteiger partial charge on any atom is -0.490 e. The summed E-state index contributed by atoms with van der Waals surface area (Å²) in [4.78, 5) is 38.7. The van der Waals surface area contributed by atoms with Crippen LogP contribution in [-0.2, 0) is 9.59 Å². The Hall–Kier alpha value is -3.82. The van der Waals surface area contributed by atoms with E-state index in [0.717, 1.165) is 4.90 Å². The van der Waals surface area contributed by atoms with Gasteiger partial charge in [0.05, 0.1) is 16.8 Å². The van der Waals surface area contributed by atoms with Crippen LogP contribution in [0.3, 0.4) is 0 Å². The van der Waals surface area contributed by atoms with Crippen LogP contribution in [0.25, 0.3) is 6.08 Å². The van der Waals surface area contributed by atoms with Gasteiger partial charge in [0.1, 0.15) is 5.70 Å². The first-order chi connectivity index (χ1) is 17.4. The maximum atomic E-state index is 12.9. The van der Waals surface area contributed by atoms with E-state index in [2.05, 4.69) is 26.6 Å². The summed E-state index contributed by atoms with van der Waals surface area (Å²) in [6.45, 7) is 1.92. The summed E-state index contributed by atoms with van der Waals surface area (Å²) < 4.78 is 12.0. The molecule has 184 valence electrons. The van der Waals surface area contributed by atoms with Gasteiger partial charge in [-0.15, -0.1) is 0 Å². The Morgan fingerprint density at radius 3 is 2.50 bits per heavy atom. The molecule has 0 radical (unpaired) electrons.